The van der Waals surface area contributed by atoms with E-state index in [9.17, 15) is 9.59 Å². The van der Waals surface area contributed by atoms with Gasteiger partial charge in [0, 0.05) is 13.1 Å². The van der Waals surface area contributed by atoms with Crippen LogP contribution >= 0.6 is 0 Å². The molecule has 1 aromatic carbocycles. The highest BCUT2D eigenvalue weighted by Crippen LogP contribution is 2.19. The molecule has 0 saturated carbocycles. The Kier molecular flexibility index (Phi) is 6.45. The molecule has 1 aromatic rings. The Bertz CT molecular complexity index is 570. The maximum Gasteiger partial charge on any atom is 0.242 e. The fourth-order valence-electron chi connectivity index (χ4n) is 3.90. The van der Waals surface area contributed by atoms with E-state index in [0.29, 0.717) is 25.4 Å². The van der Waals surface area contributed by atoms with Crippen molar-refractivity contribution in [3.05, 3.63) is 35.9 Å². The summed E-state index contributed by atoms with van der Waals surface area (Å²) in [6, 6.07) is 9.46. The van der Waals surface area contributed by atoms with Crippen LogP contribution in [0.5, 0.6) is 0 Å². The van der Waals surface area contributed by atoms with E-state index in [1.54, 1.807) is 4.90 Å². The summed E-state index contributed by atoms with van der Waals surface area (Å²) in [4.78, 5) is 26.9. The number of nitrogens with one attached hydrogen (secondary N) is 2. The van der Waals surface area contributed by atoms with Crippen molar-refractivity contribution < 1.29 is 9.59 Å². The molecule has 3 rings (SSSR count). The van der Waals surface area contributed by atoms with Gasteiger partial charge in [0.1, 0.15) is 6.04 Å². The van der Waals surface area contributed by atoms with E-state index in [4.69, 9.17) is 0 Å². The molecule has 5 heteroatoms. The lowest BCUT2D eigenvalue weighted by molar-refractivity contribution is -0.138. The molecular formula is C20H29N3O2. The monoisotopic (exact) mass is 343 g/mol. The van der Waals surface area contributed by atoms with E-state index in [2.05, 4.69) is 10.6 Å². The SMILES string of the molecule is O=C(NCCC1CCCNC1)C1CCCN1C(=O)Cc1ccccc1. The Balaban J connectivity index is 1.46. The van der Waals surface area contributed by atoms with Gasteiger partial charge in [-0.3, -0.25) is 9.59 Å². The topological polar surface area (TPSA) is 61.4 Å². The Morgan fingerprint density at radius 1 is 1.16 bits per heavy atom. The van der Waals surface area contributed by atoms with Gasteiger partial charge in [0.2, 0.25) is 11.8 Å². The van der Waals surface area contributed by atoms with Crippen molar-refractivity contribution in [2.24, 2.45) is 5.92 Å². The van der Waals surface area contributed by atoms with Gasteiger partial charge in [-0.05, 0) is 56.7 Å². The molecule has 0 radical (unpaired) electrons. The predicted molar refractivity (Wildman–Crippen MR) is 98.1 cm³/mol. The van der Waals surface area contributed by atoms with Crippen molar-refractivity contribution in [1.29, 1.82) is 0 Å². The van der Waals surface area contributed by atoms with Crippen LogP contribution in [0.3, 0.4) is 0 Å². The highest BCUT2D eigenvalue weighted by atomic mass is 16.2. The molecule has 2 atom stereocenters. The van der Waals surface area contributed by atoms with Crippen molar-refractivity contribution >= 4 is 11.8 Å². The van der Waals surface area contributed by atoms with Crippen LogP contribution in [-0.4, -0.2) is 48.9 Å². The van der Waals surface area contributed by atoms with Crippen molar-refractivity contribution in [2.45, 2.75) is 44.6 Å². The number of nitrogens with zero attached hydrogens (tertiary/aromatic N) is 1. The largest absolute Gasteiger partial charge is 0.354 e. The zero-order valence-electron chi connectivity index (χ0n) is 14.9. The number of likely N-dealkylation sites (tertiary alicyclic amines) is 1. The maximum absolute atomic E-state index is 12.6. The first kappa shape index (κ1) is 17.9. The number of amides is 2. The Morgan fingerprint density at radius 3 is 2.76 bits per heavy atom. The zero-order chi connectivity index (χ0) is 17.5. The van der Waals surface area contributed by atoms with Crippen molar-refractivity contribution in [2.75, 3.05) is 26.2 Å². The Labute approximate surface area is 150 Å². The third-order valence-corrected chi connectivity index (χ3v) is 5.32. The summed E-state index contributed by atoms with van der Waals surface area (Å²) in [7, 11) is 0. The molecule has 2 aliphatic heterocycles. The average Bonchev–Trinajstić information content (AvgIpc) is 3.13. The summed E-state index contributed by atoms with van der Waals surface area (Å²) >= 11 is 0. The number of piperidine rings is 1. The van der Waals surface area contributed by atoms with Crippen LogP contribution in [0.4, 0.5) is 0 Å². The van der Waals surface area contributed by atoms with Gasteiger partial charge in [-0.2, -0.15) is 0 Å². The van der Waals surface area contributed by atoms with Gasteiger partial charge in [-0.15, -0.1) is 0 Å². The molecule has 0 bridgehead atoms. The summed E-state index contributed by atoms with van der Waals surface area (Å²) < 4.78 is 0. The standard InChI is InChI=1S/C20H29N3O2/c24-19(14-16-6-2-1-3-7-16)23-13-5-9-18(23)20(25)22-12-10-17-8-4-11-21-15-17/h1-3,6-7,17-18,21H,4-5,8-15H2,(H,22,25). The van der Waals surface area contributed by atoms with Crippen LogP contribution in [0.1, 0.15) is 37.7 Å². The van der Waals surface area contributed by atoms with Crippen LogP contribution in [-0.2, 0) is 16.0 Å². The fourth-order valence-corrected chi connectivity index (χ4v) is 3.90. The van der Waals surface area contributed by atoms with Gasteiger partial charge in [0.25, 0.3) is 0 Å². The van der Waals surface area contributed by atoms with Crippen molar-refractivity contribution in [3.8, 4) is 0 Å². The molecule has 5 nitrogen and oxygen atoms in total. The van der Waals surface area contributed by atoms with Crippen LogP contribution in [0.25, 0.3) is 0 Å². The Morgan fingerprint density at radius 2 is 2.00 bits per heavy atom. The molecule has 136 valence electrons. The lowest BCUT2D eigenvalue weighted by atomic mass is 9.96. The number of carbonyl (C=O) groups is 2. The van der Waals surface area contributed by atoms with E-state index in [0.717, 1.165) is 37.9 Å². The molecule has 0 spiro atoms. The third-order valence-electron chi connectivity index (χ3n) is 5.32. The minimum Gasteiger partial charge on any atom is -0.354 e. The molecular weight excluding hydrogens is 314 g/mol. The van der Waals surface area contributed by atoms with Gasteiger partial charge >= 0.3 is 0 Å². The quantitative estimate of drug-likeness (QED) is 0.827. The van der Waals surface area contributed by atoms with Gasteiger partial charge in [0.05, 0.1) is 6.42 Å². The number of hydrogen-bond acceptors (Lipinski definition) is 3. The summed E-state index contributed by atoms with van der Waals surface area (Å²) in [5.74, 6) is 0.733. The zero-order valence-corrected chi connectivity index (χ0v) is 14.9. The molecule has 0 aromatic heterocycles. The number of benzene rings is 1. The molecule has 2 aliphatic rings. The highest BCUT2D eigenvalue weighted by Gasteiger charge is 2.33. The van der Waals surface area contributed by atoms with Crippen LogP contribution < -0.4 is 10.6 Å². The third kappa shape index (κ3) is 5.05. The first-order valence-electron chi connectivity index (χ1n) is 9.56. The highest BCUT2D eigenvalue weighted by molar-refractivity contribution is 5.89. The summed E-state index contributed by atoms with van der Waals surface area (Å²) in [6.45, 7) is 3.57. The lowest BCUT2D eigenvalue weighted by Gasteiger charge is -2.25. The molecule has 2 unspecified atom stereocenters. The molecule has 2 N–H and O–H groups in total. The van der Waals surface area contributed by atoms with E-state index >= 15 is 0 Å². The minimum atomic E-state index is -0.291. The normalized spacial score (nSPS) is 23.4. The molecule has 2 fully saturated rings. The molecule has 2 saturated heterocycles. The van der Waals surface area contributed by atoms with Gasteiger partial charge < -0.3 is 15.5 Å². The van der Waals surface area contributed by atoms with E-state index in [1.807, 2.05) is 30.3 Å². The second kappa shape index (κ2) is 8.99. The Hall–Kier alpha value is -1.88. The van der Waals surface area contributed by atoms with Crippen LogP contribution in [0.15, 0.2) is 30.3 Å². The summed E-state index contributed by atoms with van der Waals surface area (Å²) in [5, 5.41) is 6.47. The maximum atomic E-state index is 12.6. The van der Waals surface area contributed by atoms with Gasteiger partial charge in [-0.25, -0.2) is 0 Å². The molecule has 0 aliphatic carbocycles. The minimum absolute atomic E-state index is 0.0164. The van der Waals surface area contributed by atoms with Gasteiger partial charge in [0.15, 0.2) is 0 Å². The summed E-state index contributed by atoms with van der Waals surface area (Å²) in [5.41, 5.74) is 1.00. The number of hydrogen-bond donors (Lipinski definition) is 2. The average molecular weight is 343 g/mol. The van der Waals surface area contributed by atoms with E-state index in [1.165, 1.54) is 12.8 Å². The molecule has 2 heterocycles. The number of carbonyl (C=O) groups excluding carboxylic acids is 2. The summed E-state index contributed by atoms with van der Waals surface area (Å²) in [6.07, 6.45) is 5.54. The van der Waals surface area contributed by atoms with Crippen molar-refractivity contribution in [3.63, 3.8) is 0 Å². The second-order valence-corrected chi connectivity index (χ2v) is 7.20. The molecule has 25 heavy (non-hydrogen) atoms. The van der Waals surface area contributed by atoms with Crippen LogP contribution in [0.2, 0.25) is 0 Å². The smallest absolute Gasteiger partial charge is 0.242 e. The van der Waals surface area contributed by atoms with E-state index < -0.39 is 0 Å². The first-order valence-corrected chi connectivity index (χ1v) is 9.56. The lowest BCUT2D eigenvalue weighted by Crippen LogP contribution is -2.47. The first-order chi connectivity index (χ1) is 12.2. The molecule has 2 amide bonds. The van der Waals surface area contributed by atoms with Crippen LogP contribution in [0, 0.1) is 5.92 Å². The van der Waals surface area contributed by atoms with E-state index in [-0.39, 0.29) is 17.9 Å². The van der Waals surface area contributed by atoms with Crippen molar-refractivity contribution in [1.82, 2.24) is 15.5 Å². The number of rotatable bonds is 6. The van der Waals surface area contributed by atoms with Gasteiger partial charge in [-0.1, -0.05) is 30.3 Å². The predicted octanol–water partition coefficient (Wildman–Crippen LogP) is 1.73. The fraction of sp³-hybridized carbons (Fsp3) is 0.600. The second-order valence-electron chi connectivity index (χ2n) is 7.20.